The van der Waals surface area contributed by atoms with Gasteiger partial charge in [0.05, 0.1) is 24.2 Å². The molecule has 112 valence electrons. The van der Waals surface area contributed by atoms with Crippen molar-refractivity contribution >= 4 is 5.69 Å². The predicted octanol–water partition coefficient (Wildman–Crippen LogP) is 1.25. The van der Waals surface area contributed by atoms with Crippen molar-refractivity contribution in [3.05, 3.63) is 40.7 Å². The fraction of sp³-hybridized carbons (Fsp3) is 0.385. The quantitative estimate of drug-likeness (QED) is 0.608. The lowest BCUT2D eigenvalue weighted by atomic mass is 10.2. The molecule has 0 spiro atoms. The van der Waals surface area contributed by atoms with E-state index in [2.05, 4.69) is 10.1 Å². The Labute approximate surface area is 121 Å². The molecule has 0 saturated carbocycles. The molecule has 2 aromatic rings. The lowest BCUT2D eigenvalue weighted by molar-refractivity contribution is -0.384. The molecule has 0 unspecified atom stereocenters. The first-order valence-electron chi connectivity index (χ1n) is 6.50. The van der Waals surface area contributed by atoms with Gasteiger partial charge in [0.1, 0.15) is 6.33 Å². The van der Waals surface area contributed by atoms with E-state index in [0.717, 1.165) is 0 Å². The number of non-ortho nitro benzene ring substituents is 1. The number of aromatic nitrogens is 3. The van der Waals surface area contributed by atoms with Crippen LogP contribution in [0.1, 0.15) is 6.92 Å². The van der Waals surface area contributed by atoms with Gasteiger partial charge in [-0.05, 0) is 6.92 Å². The van der Waals surface area contributed by atoms with Gasteiger partial charge in [0.25, 0.3) is 5.69 Å². The van der Waals surface area contributed by atoms with Gasteiger partial charge in [-0.2, -0.15) is 5.10 Å². The van der Waals surface area contributed by atoms with E-state index in [1.54, 1.807) is 12.1 Å². The van der Waals surface area contributed by atoms with E-state index in [9.17, 15) is 15.2 Å². The minimum atomic E-state index is -0.676. The zero-order valence-electron chi connectivity index (χ0n) is 11.5. The van der Waals surface area contributed by atoms with Crippen LogP contribution in [-0.4, -0.2) is 44.1 Å². The first-order valence-corrected chi connectivity index (χ1v) is 6.50. The second-order valence-corrected chi connectivity index (χ2v) is 4.41. The number of nitro benzene ring substituents is 1. The van der Waals surface area contributed by atoms with Gasteiger partial charge in [0.15, 0.2) is 5.82 Å². The molecule has 1 N–H and O–H groups in total. The molecule has 1 aromatic carbocycles. The van der Waals surface area contributed by atoms with Crippen LogP contribution in [0.3, 0.4) is 0 Å². The van der Waals surface area contributed by atoms with Gasteiger partial charge >= 0.3 is 0 Å². The Balaban J connectivity index is 2.09. The smallest absolute Gasteiger partial charge is 0.270 e. The Morgan fingerprint density at radius 1 is 1.52 bits per heavy atom. The molecule has 1 aromatic heterocycles. The van der Waals surface area contributed by atoms with E-state index in [-0.39, 0.29) is 18.8 Å². The molecule has 0 aliphatic rings. The van der Waals surface area contributed by atoms with E-state index in [4.69, 9.17) is 4.74 Å². The summed E-state index contributed by atoms with van der Waals surface area (Å²) in [6.45, 7) is 2.86. The highest BCUT2D eigenvalue weighted by atomic mass is 16.6. The topological polar surface area (TPSA) is 103 Å². The number of aliphatic hydroxyl groups is 1. The van der Waals surface area contributed by atoms with Crippen molar-refractivity contribution in [2.75, 3.05) is 13.2 Å². The van der Waals surface area contributed by atoms with Crippen molar-refractivity contribution in [2.45, 2.75) is 19.6 Å². The molecule has 0 amide bonds. The van der Waals surface area contributed by atoms with Crippen molar-refractivity contribution in [3.63, 3.8) is 0 Å². The molecule has 8 heteroatoms. The van der Waals surface area contributed by atoms with Crippen LogP contribution in [0.25, 0.3) is 11.4 Å². The second-order valence-electron chi connectivity index (χ2n) is 4.41. The van der Waals surface area contributed by atoms with Crippen LogP contribution in [0.15, 0.2) is 30.6 Å². The van der Waals surface area contributed by atoms with Crippen molar-refractivity contribution in [1.82, 2.24) is 14.8 Å². The average Bonchev–Trinajstić information content (AvgIpc) is 2.93. The van der Waals surface area contributed by atoms with Crippen molar-refractivity contribution in [3.8, 4) is 11.4 Å². The largest absolute Gasteiger partial charge is 0.389 e. The molecule has 0 saturated heterocycles. The van der Waals surface area contributed by atoms with Gasteiger partial charge in [0.2, 0.25) is 0 Å². The summed E-state index contributed by atoms with van der Waals surface area (Å²) in [5.74, 6) is 0.377. The summed E-state index contributed by atoms with van der Waals surface area (Å²) in [5.41, 5.74) is 0.544. The predicted molar refractivity (Wildman–Crippen MR) is 74.6 cm³/mol. The Hall–Kier alpha value is -2.32. The Bertz CT molecular complexity index is 614. The molecular formula is C13H16N4O4. The third-order valence-corrected chi connectivity index (χ3v) is 2.76. The zero-order valence-corrected chi connectivity index (χ0v) is 11.5. The Morgan fingerprint density at radius 3 is 3.05 bits per heavy atom. The maximum atomic E-state index is 10.7. The summed E-state index contributed by atoms with van der Waals surface area (Å²) >= 11 is 0. The molecule has 1 heterocycles. The monoisotopic (exact) mass is 292 g/mol. The first kappa shape index (κ1) is 15.1. The molecule has 0 aliphatic carbocycles. The van der Waals surface area contributed by atoms with Crippen LogP contribution < -0.4 is 0 Å². The molecule has 2 rings (SSSR count). The van der Waals surface area contributed by atoms with E-state index in [1.165, 1.54) is 23.1 Å². The number of benzene rings is 1. The number of hydrogen-bond acceptors (Lipinski definition) is 6. The third kappa shape index (κ3) is 4.07. The number of rotatable bonds is 7. The average molecular weight is 292 g/mol. The summed E-state index contributed by atoms with van der Waals surface area (Å²) in [7, 11) is 0. The fourth-order valence-corrected chi connectivity index (χ4v) is 1.80. The number of hydrogen-bond donors (Lipinski definition) is 1. The van der Waals surface area contributed by atoms with Crippen LogP contribution in [0.5, 0.6) is 0 Å². The molecule has 8 nitrogen and oxygen atoms in total. The highest BCUT2D eigenvalue weighted by Crippen LogP contribution is 2.20. The Morgan fingerprint density at radius 2 is 2.33 bits per heavy atom. The van der Waals surface area contributed by atoms with Crippen molar-refractivity contribution in [1.29, 1.82) is 0 Å². The summed E-state index contributed by atoms with van der Waals surface area (Å²) in [6, 6.07) is 6.10. The molecule has 0 aliphatic heterocycles. The number of ether oxygens (including phenoxy) is 1. The highest BCUT2D eigenvalue weighted by molar-refractivity contribution is 5.58. The van der Waals surface area contributed by atoms with Gasteiger partial charge in [-0.3, -0.25) is 10.1 Å². The molecule has 0 bridgehead atoms. The van der Waals surface area contributed by atoms with Crippen LogP contribution in [0.4, 0.5) is 5.69 Å². The van der Waals surface area contributed by atoms with Crippen LogP contribution in [0.2, 0.25) is 0 Å². The van der Waals surface area contributed by atoms with Crippen LogP contribution in [0, 0.1) is 10.1 Å². The van der Waals surface area contributed by atoms with Gasteiger partial charge in [0, 0.05) is 24.3 Å². The normalized spacial score (nSPS) is 12.3. The molecule has 0 radical (unpaired) electrons. The van der Waals surface area contributed by atoms with E-state index >= 15 is 0 Å². The van der Waals surface area contributed by atoms with Gasteiger partial charge in [-0.25, -0.2) is 9.67 Å². The van der Waals surface area contributed by atoms with Gasteiger partial charge in [-0.1, -0.05) is 12.1 Å². The van der Waals surface area contributed by atoms with Gasteiger partial charge in [-0.15, -0.1) is 0 Å². The lowest BCUT2D eigenvalue weighted by Crippen LogP contribution is -2.22. The van der Waals surface area contributed by atoms with E-state index in [0.29, 0.717) is 18.0 Å². The van der Waals surface area contributed by atoms with Crippen LogP contribution >= 0.6 is 0 Å². The van der Waals surface area contributed by atoms with Crippen molar-refractivity contribution < 1.29 is 14.8 Å². The molecule has 21 heavy (non-hydrogen) atoms. The number of aliphatic hydroxyl groups excluding tert-OH is 1. The standard InChI is InChI=1S/C13H16N4O4/c1-2-21-8-12(18)7-16-9-14-13(15-16)10-4-3-5-11(6-10)17(19)20/h3-6,9,12,18H,2,7-8H2,1H3/t12-/m1/s1. The van der Waals surface area contributed by atoms with E-state index in [1.807, 2.05) is 6.92 Å². The molecular weight excluding hydrogens is 276 g/mol. The molecule has 0 fully saturated rings. The SMILES string of the molecule is CCOC[C@H](O)Cn1cnc(-c2cccc([N+](=O)[O-])c2)n1. The summed E-state index contributed by atoms with van der Waals surface area (Å²) in [4.78, 5) is 14.4. The summed E-state index contributed by atoms with van der Waals surface area (Å²) in [5, 5.41) is 24.7. The Kier molecular flexibility index (Phi) is 4.96. The molecule has 1 atom stereocenters. The van der Waals surface area contributed by atoms with Gasteiger partial charge < -0.3 is 9.84 Å². The summed E-state index contributed by atoms with van der Waals surface area (Å²) in [6.07, 6.45) is 0.799. The maximum absolute atomic E-state index is 10.7. The number of nitrogens with zero attached hydrogens (tertiary/aromatic N) is 4. The zero-order chi connectivity index (χ0) is 15.2. The lowest BCUT2D eigenvalue weighted by Gasteiger charge is -2.09. The second kappa shape index (κ2) is 6.91. The van der Waals surface area contributed by atoms with Crippen LogP contribution in [-0.2, 0) is 11.3 Å². The van der Waals surface area contributed by atoms with Crippen molar-refractivity contribution in [2.24, 2.45) is 0 Å². The first-order chi connectivity index (χ1) is 10.1. The summed E-state index contributed by atoms with van der Waals surface area (Å²) < 4.78 is 6.60. The minimum Gasteiger partial charge on any atom is -0.389 e. The fourth-order valence-electron chi connectivity index (χ4n) is 1.80. The third-order valence-electron chi connectivity index (χ3n) is 2.76. The van der Waals surface area contributed by atoms with E-state index < -0.39 is 11.0 Å². The maximum Gasteiger partial charge on any atom is 0.270 e. The highest BCUT2D eigenvalue weighted by Gasteiger charge is 2.12. The number of nitro groups is 1. The minimum absolute atomic E-state index is 0.0137.